The fraction of sp³-hybridized carbons (Fsp3) is 0.267. The fourth-order valence-electron chi connectivity index (χ4n) is 2.26. The maximum absolute atomic E-state index is 12.4. The molecule has 0 saturated heterocycles. The summed E-state index contributed by atoms with van der Waals surface area (Å²) in [6, 6.07) is 6.42. The second-order valence-electron chi connectivity index (χ2n) is 5.63. The van der Waals surface area contributed by atoms with Gasteiger partial charge in [-0.05, 0) is 38.1 Å². The number of anilines is 1. The lowest BCUT2D eigenvalue weighted by molar-refractivity contribution is 0.101. The van der Waals surface area contributed by atoms with Gasteiger partial charge in [0.25, 0.3) is 5.91 Å². The lowest BCUT2D eigenvalue weighted by Gasteiger charge is -2.09. The molecule has 3 aromatic rings. The molecule has 0 aliphatic carbocycles. The Kier molecular flexibility index (Phi) is 4.14. The van der Waals surface area contributed by atoms with Crippen molar-refractivity contribution in [3.05, 3.63) is 36.2 Å². The number of benzene rings is 1. The Bertz CT molecular complexity index is 1020. The molecule has 0 aliphatic rings. The first-order valence-corrected chi connectivity index (χ1v) is 9.92. The molecule has 0 fully saturated rings. The molecule has 2 heterocycles. The monoisotopic (exact) mass is 364 g/mol. The summed E-state index contributed by atoms with van der Waals surface area (Å²) in [6.45, 7) is 3.88. The Morgan fingerprint density at radius 3 is 2.71 bits per heavy atom. The van der Waals surface area contributed by atoms with E-state index in [1.807, 2.05) is 13.8 Å². The first-order chi connectivity index (χ1) is 11.3. The second-order valence-corrected chi connectivity index (χ2v) is 8.68. The van der Waals surface area contributed by atoms with E-state index in [-0.39, 0.29) is 16.8 Å². The number of nitrogens with zero attached hydrogens (tertiary/aromatic N) is 3. The van der Waals surface area contributed by atoms with Gasteiger partial charge in [-0.2, -0.15) is 5.10 Å². The topological polar surface area (TPSA) is 93.9 Å². The molecule has 9 heteroatoms. The average Bonchev–Trinajstić information content (AvgIpc) is 3.11. The highest BCUT2D eigenvalue weighted by Gasteiger charge is 2.16. The van der Waals surface area contributed by atoms with E-state index >= 15 is 0 Å². The Morgan fingerprint density at radius 2 is 2.04 bits per heavy atom. The lowest BCUT2D eigenvalue weighted by Crippen LogP contribution is -2.18. The van der Waals surface area contributed by atoms with Gasteiger partial charge in [-0.3, -0.25) is 14.8 Å². The minimum absolute atomic E-state index is 0.0634. The van der Waals surface area contributed by atoms with Crippen LogP contribution in [0.5, 0.6) is 0 Å². The molecule has 24 heavy (non-hydrogen) atoms. The minimum Gasteiger partial charge on any atom is -0.296 e. The van der Waals surface area contributed by atoms with Crippen molar-refractivity contribution in [2.24, 2.45) is 0 Å². The van der Waals surface area contributed by atoms with E-state index in [1.54, 1.807) is 29.1 Å². The third-order valence-corrected chi connectivity index (χ3v) is 5.44. The van der Waals surface area contributed by atoms with Crippen LogP contribution in [0.4, 0.5) is 5.13 Å². The predicted molar refractivity (Wildman–Crippen MR) is 93.3 cm³/mol. The van der Waals surface area contributed by atoms with E-state index < -0.39 is 9.84 Å². The van der Waals surface area contributed by atoms with Crippen LogP contribution in [-0.2, 0) is 9.84 Å². The van der Waals surface area contributed by atoms with E-state index in [1.165, 1.54) is 17.4 Å². The number of fused-ring (bicyclic) bond motifs is 1. The van der Waals surface area contributed by atoms with Crippen LogP contribution in [-0.4, -0.2) is 35.3 Å². The minimum atomic E-state index is -3.28. The third kappa shape index (κ3) is 3.17. The summed E-state index contributed by atoms with van der Waals surface area (Å²) in [7, 11) is -3.28. The van der Waals surface area contributed by atoms with Crippen molar-refractivity contribution < 1.29 is 13.2 Å². The van der Waals surface area contributed by atoms with Crippen LogP contribution < -0.4 is 5.32 Å². The van der Waals surface area contributed by atoms with Gasteiger partial charge in [-0.25, -0.2) is 13.4 Å². The Morgan fingerprint density at radius 1 is 1.29 bits per heavy atom. The average molecular weight is 364 g/mol. The standard InChI is InChI=1S/C15H16N4O3S2/c1-9(2)19-12(6-7-16-19)14(20)18-15-17-11-5-4-10(24(3,21)22)8-13(11)23-15/h4-9H,1-3H3,(H,17,18,20). The lowest BCUT2D eigenvalue weighted by atomic mass is 10.3. The SMILES string of the molecule is CC(C)n1nccc1C(=O)Nc1nc2ccc(S(C)(=O)=O)cc2s1. The number of thiazole rings is 1. The zero-order valence-electron chi connectivity index (χ0n) is 13.3. The Hall–Kier alpha value is -2.26. The van der Waals surface area contributed by atoms with Crippen molar-refractivity contribution in [1.82, 2.24) is 14.8 Å². The molecule has 0 saturated carbocycles. The van der Waals surface area contributed by atoms with Crippen LogP contribution in [0.2, 0.25) is 0 Å². The summed E-state index contributed by atoms with van der Waals surface area (Å²) in [5, 5.41) is 7.29. The van der Waals surface area contributed by atoms with Gasteiger partial charge < -0.3 is 0 Å². The van der Waals surface area contributed by atoms with E-state index in [0.717, 1.165) is 6.26 Å². The van der Waals surface area contributed by atoms with Crippen LogP contribution in [0.1, 0.15) is 30.4 Å². The van der Waals surface area contributed by atoms with Crippen molar-refractivity contribution in [3.8, 4) is 0 Å². The van der Waals surface area contributed by atoms with Crippen molar-refractivity contribution in [3.63, 3.8) is 0 Å². The fourth-order valence-corrected chi connectivity index (χ4v) is 3.88. The molecule has 0 aliphatic heterocycles. The highest BCUT2D eigenvalue weighted by atomic mass is 32.2. The van der Waals surface area contributed by atoms with Crippen molar-refractivity contribution >= 4 is 42.4 Å². The van der Waals surface area contributed by atoms with Gasteiger partial charge in [-0.15, -0.1) is 0 Å². The maximum Gasteiger partial charge on any atom is 0.275 e. The normalized spacial score (nSPS) is 12.0. The number of carbonyl (C=O) groups is 1. The predicted octanol–water partition coefficient (Wildman–Crippen LogP) is 2.73. The number of amides is 1. The molecule has 1 amide bonds. The van der Waals surface area contributed by atoms with Gasteiger partial charge in [0.2, 0.25) is 0 Å². The van der Waals surface area contributed by atoms with E-state index in [2.05, 4.69) is 15.4 Å². The number of hydrogen-bond acceptors (Lipinski definition) is 6. The zero-order valence-corrected chi connectivity index (χ0v) is 15.0. The molecular formula is C15H16N4O3S2. The first kappa shape index (κ1) is 16.6. The second kappa shape index (κ2) is 5.99. The maximum atomic E-state index is 12.4. The summed E-state index contributed by atoms with van der Waals surface area (Å²) in [5.74, 6) is -0.302. The Labute approximate surface area is 143 Å². The summed E-state index contributed by atoms with van der Waals surface area (Å²) < 4.78 is 25.6. The summed E-state index contributed by atoms with van der Waals surface area (Å²) in [6.07, 6.45) is 2.73. The number of aromatic nitrogens is 3. The van der Waals surface area contributed by atoms with Crippen LogP contribution in [0, 0.1) is 0 Å². The molecule has 3 rings (SSSR count). The molecule has 0 radical (unpaired) electrons. The third-order valence-electron chi connectivity index (χ3n) is 3.40. The molecule has 1 N–H and O–H groups in total. The van der Waals surface area contributed by atoms with Crippen LogP contribution in [0.25, 0.3) is 10.2 Å². The van der Waals surface area contributed by atoms with Gasteiger partial charge in [0, 0.05) is 18.5 Å². The molecular weight excluding hydrogens is 348 g/mol. The number of carbonyl (C=O) groups excluding carboxylic acids is 1. The van der Waals surface area contributed by atoms with Crippen LogP contribution in [0.3, 0.4) is 0 Å². The summed E-state index contributed by atoms with van der Waals surface area (Å²) in [5.41, 5.74) is 1.08. The number of hydrogen-bond donors (Lipinski definition) is 1. The van der Waals surface area contributed by atoms with Crippen molar-refractivity contribution in [1.29, 1.82) is 0 Å². The van der Waals surface area contributed by atoms with Gasteiger partial charge in [-0.1, -0.05) is 11.3 Å². The number of nitrogens with one attached hydrogen (secondary N) is 1. The van der Waals surface area contributed by atoms with Crippen molar-refractivity contribution in [2.75, 3.05) is 11.6 Å². The molecule has 126 valence electrons. The van der Waals surface area contributed by atoms with Gasteiger partial charge in [0.1, 0.15) is 5.69 Å². The highest BCUT2D eigenvalue weighted by Crippen LogP contribution is 2.28. The quantitative estimate of drug-likeness (QED) is 0.768. The smallest absolute Gasteiger partial charge is 0.275 e. The molecule has 0 atom stereocenters. The molecule has 0 unspecified atom stereocenters. The summed E-state index contributed by atoms with van der Waals surface area (Å²) >= 11 is 1.23. The largest absolute Gasteiger partial charge is 0.296 e. The van der Waals surface area contributed by atoms with Crippen LogP contribution in [0.15, 0.2) is 35.4 Å². The molecule has 1 aromatic carbocycles. The number of sulfone groups is 1. The van der Waals surface area contributed by atoms with Crippen molar-refractivity contribution in [2.45, 2.75) is 24.8 Å². The Balaban J connectivity index is 1.90. The van der Waals surface area contributed by atoms with Gasteiger partial charge in [0.05, 0.1) is 15.1 Å². The molecule has 0 bridgehead atoms. The van der Waals surface area contributed by atoms with Gasteiger partial charge >= 0.3 is 0 Å². The first-order valence-electron chi connectivity index (χ1n) is 7.21. The summed E-state index contributed by atoms with van der Waals surface area (Å²) in [4.78, 5) is 17.0. The zero-order chi connectivity index (χ0) is 17.5. The van der Waals surface area contributed by atoms with E-state index in [4.69, 9.17) is 0 Å². The van der Waals surface area contributed by atoms with E-state index in [0.29, 0.717) is 21.0 Å². The highest BCUT2D eigenvalue weighted by molar-refractivity contribution is 7.90. The van der Waals surface area contributed by atoms with Crippen LogP contribution >= 0.6 is 11.3 Å². The van der Waals surface area contributed by atoms with Gasteiger partial charge in [0.15, 0.2) is 15.0 Å². The molecule has 0 spiro atoms. The number of rotatable bonds is 4. The molecule has 2 aromatic heterocycles. The molecule has 7 nitrogen and oxygen atoms in total. The van der Waals surface area contributed by atoms with E-state index in [9.17, 15) is 13.2 Å².